The zero-order chi connectivity index (χ0) is 15.2. The van der Waals surface area contributed by atoms with Crippen LogP contribution in [0.25, 0.3) is 0 Å². The van der Waals surface area contributed by atoms with E-state index in [-0.39, 0.29) is 6.61 Å². The molecular formula is C13H17F2NO4. The van der Waals surface area contributed by atoms with Gasteiger partial charge < -0.3 is 9.84 Å². The average molecular weight is 289 g/mol. The van der Waals surface area contributed by atoms with Crippen LogP contribution in [0, 0.1) is 0 Å². The number of hydroxylamine groups is 2. The first-order valence-electron chi connectivity index (χ1n) is 5.89. The molecule has 0 saturated carbocycles. The molecule has 1 aromatic carbocycles. The number of benzene rings is 1. The van der Waals surface area contributed by atoms with Gasteiger partial charge in [0.25, 0.3) is 0 Å². The normalized spacial score (nSPS) is 13.1. The van der Waals surface area contributed by atoms with Crippen molar-refractivity contribution in [2.45, 2.75) is 18.6 Å². The number of halogens is 2. The standard InChI is InChI=1S/C13H17F2NO4/c1-16(19-2)12(18)13(14,15)11(17)9-20-8-10-6-4-3-5-7-10/h3-7,11,17H,8-9H2,1-2H3. The van der Waals surface area contributed by atoms with E-state index in [1.165, 1.54) is 0 Å². The van der Waals surface area contributed by atoms with Gasteiger partial charge in [0.2, 0.25) is 0 Å². The van der Waals surface area contributed by atoms with E-state index >= 15 is 0 Å². The highest BCUT2D eigenvalue weighted by molar-refractivity contribution is 5.83. The minimum Gasteiger partial charge on any atom is -0.384 e. The Morgan fingerprint density at radius 3 is 2.55 bits per heavy atom. The highest BCUT2D eigenvalue weighted by atomic mass is 19.3. The van der Waals surface area contributed by atoms with E-state index in [0.717, 1.165) is 19.7 Å². The molecule has 0 spiro atoms. The molecule has 1 N–H and O–H groups in total. The Kier molecular flexibility index (Phi) is 6.00. The number of rotatable bonds is 7. The molecule has 1 amide bonds. The quantitative estimate of drug-likeness (QED) is 0.767. The molecule has 1 aromatic rings. The van der Waals surface area contributed by atoms with Crippen molar-refractivity contribution in [1.82, 2.24) is 5.06 Å². The van der Waals surface area contributed by atoms with Crippen molar-refractivity contribution < 1.29 is 28.3 Å². The van der Waals surface area contributed by atoms with Crippen molar-refractivity contribution in [3.63, 3.8) is 0 Å². The van der Waals surface area contributed by atoms with Gasteiger partial charge in [-0.25, -0.2) is 5.06 Å². The number of alkyl halides is 2. The van der Waals surface area contributed by atoms with Crippen molar-refractivity contribution in [1.29, 1.82) is 0 Å². The minimum atomic E-state index is -3.97. The number of carbonyl (C=O) groups excluding carboxylic acids is 1. The summed E-state index contributed by atoms with van der Waals surface area (Å²) in [5.41, 5.74) is 0.781. The lowest BCUT2D eigenvalue weighted by Crippen LogP contribution is -2.50. The first kappa shape index (κ1) is 16.5. The van der Waals surface area contributed by atoms with Gasteiger partial charge in [-0.05, 0) is 5.56 Å². The summed E-state index contributed by atoms with van der Waals surface area (Å²) in [5.74, 6) is -5.60. The van der Waals surface area contributed by atoms with E-state index in [9.17, 15) is 18.7 Å². The Labute approximate surface area is 115 Å². The van der Waals surface area contributed by atoms with Crippen molar-refractivity contribution in [2.75, 3.05) is 20.8 Å². The van der Waals surface area contributed by atoms with E-state index in [2.05, 4.69) is 4.84 Å². The van der Waals surface area contributed by atoms with Crippen molar-refractivity contribution >= 4 is 5.91 Å². The molecule has 0 radical (unpaired) electrons. The van der Waals surface area contributed by atoms with E-state index in [1.807, 2.05) is 6.07 Å². The van der Waals surface area contributed by atoms with Gasteiger partial charge in [-0.1, -0.05) is 30.3 Å². The molecule has 112 valence electrons. The van der Waals surface area contributed by atoms with Gasteiger partial charge in [0.05, 0.1) is 20.3 Å². The summed E-state index contributed by atoms with van der Waals surface area (Å²) in [7, 11) is 2.11. The summed E-state index contributed by atoms with van der Waals surface area (Å²) < 4.78 is 32.1. The average Bonchev–Trinajstić information content (AvgIpc) is 2.46. The maximum atomic E-state index is 13.6. The second kappa shape index (κ2) is 7.28. The van der Waals surface area contributed by atoms with E-state index in [0.29, 0.717) is 5.06 Å². The molecule has 0 aliphatic rings. The van der Waals surface area contributed by atoms with Crippen molar-refractivity contribution in [2.24, 2.45) is 0 Å². The Hall–Kier alpha value is -1.57. The van der Waals surface area contributed by atoms with Crippen LogP contribution in [0.3, 0.4) is 0 Å². The molecule has 0 heterocycles. The third-order valence-corrected chi connectivity index (χ3v) is 2.65. The van der Waals surface area contributed by atoms with Crippen LogP contribution in [0.2, 0.25) is 0 Å². The van der Waals surface area contributed by atoms with Gasteiger partial charge in [0.15, 0.2) is 6.10 Å². The molecule has 5 nitrogen and oxygen atoms in total. The van der Waals surface area contributed by atoms with Crippen molar-refractivity contribution in [3.8, 4) is 0 Å². The van der Waals surface area contributed by atoms with Crippen LogP contribution in [-0.2, 0) is 21.0 Å². The van der Waals surface area contributed by atoms with Gasteiger partial charge in [-0.2, -0.15) is 8.78 Å². The number of aliphatic hydroxyl groups excluding tert-OH is 1. The second-order valence-corrected chi connectivity index (χ2v) is 4.12. The highest BCUT2D eigenvalue weighted by Gasteiger charge is 2.48. The third-order valence-electron chi connectivity index (χ3n) is 2.65. The highest BCUT2D eigenvalue weighted by Crippen LogP contribution is 2.22. The molecule has 7 heteroatoms. The lowest BCUT2D eigenvalue weighted by Gasteiger charge is -2.25. The zero-order valence-corrected chi connectivity index (χ0v) is 11.3. The number of amides is 1. The lowest BCUT2D eigenvalue weighted by molar-refractivity contribution is -0.212. The van der Waals surface area contributed by atoms with Gasteiger partial charge >= 0.3 is 11.8 Å². The molecule has 0 aliphatic heterocycles. The summed E-state index contributed by atoms with van der Waals surface area (Å²) in [5, 5.41) is 9.75. The fraction of sp³-hybridized carbons (Fsp3) is 0.462. The molecule has 0 bridgehead atoms. The van der Waals surface area contributed by atoms with E-state index < -0.39 is 24.5 Å². The van der Waals surface area contributed by atoms with Crippen LogP contribution in [0.15, 0.2) is 30.3 Å². The van der Waals surface area contributed by atoms with Crippen LogP contribution in [0.4, 0.5) is 8.78 Å². The SMILES string of the molecule is CON(C)C(=O)C(F)(F)C(O)COCc1ccccc1. The van der Waals surface area contributed by atoms with Crippen LogP contribution in [0.1, 0.15) is 5.56 Å². The maximum absolute atomic E-state index is 13.6. The predicted molar refractivity (Wildman–Crippen MR) is 66.8 cm³/mol. The fourth-order valence-electron chi connectivity index (χ4n) is 1.40. The van der Waals surface area contributed by atoms with Crippen molar-refractivity contribution in [3.05, 3.63) is 35.9 Å². The first-order chi connectivity index (χ1) is 9.39. The molecule has 0 saturated heterocycles. The number of carbonyl (C=O) groups is 1. The molecule has 1 rings (SSSR count). The predicted octanol–water partition coefficient (Wildman–Crippen LogP) is 1.22. The topological polar surface area (TPSA) is 59.0 Å². The maximum Gasteiger partial charge on any atom is 0.354 e. The van der Waals surface area contributed by atoms with Crippen LogP contribution in [-0.4, -0.2) is 48.9 Å². The largest absolute Gasteiger partial charge is 0.384 e. The van der Waals surface area contributed by atoms with Gasteiger partial charge in [0, 0.05) is 7.05 Å². The first-order valence-corrected chi connectivity index (χ1v) is 5.89. The second-order valence-electron chi connectivity index (χ2n) is 4.12. The minimum absolute atomic E-state index is 0.0717. The summed E-state index contributed by atoms with van der Waals surface area (Å²) in [6.07, 6.45) is -2.24. The van der Waals surface area contributed by atoms with Gasteiger partial charge in [0.1, 0.15) is 0 Å². The number of ether oxygens (including phenoxy) is 1. The van der Waals surface area contributed by atoms with Crippen LogP contribution in [0.5, 0.6) is 0 Å². The Morgan fingerprint density at radius 1 is 1.40 bits per heavy atom. The summed E-state index contributed by atoms with van der Waals surface area (Å²) in [6, 6.07) is 8.89. The van der Waals surface area contributed by atoms with Gasteiger partial charge in [-0.3, -0.25) is 9.63 Å². The third kappa shape index (κ3) is 4.22. The summed E-state index contributed by atoms with van der Waals surface area (Å²) in [4.78, 5) is 15.7. The van der Waals surface area contributed by atoms with Crippen LogP contribution < -0.4 is 0 Å². The Bertz CT molecular complexity index is 428. The number of nitrogens with zero attached hydrogens (tertiary/aromatic N) is 1. The van der Waals surface area contributed by atoms with E-state index in [4.69, 9.17) is 4.74 Å². The molecule has 0 fully saturated rings. The summed E-state index contributed by atoms with van der Waals surface area (Å²) >= 11 is 0. The smallest absolute Gasteiger partial charge is 0.354 e. The van der Waals surface area contributed by atoms with E-state index in [1.54, 1.807) is 24.3 Å². The molecule has 1 atom stereocenters. The van der Waals surface area contributed by atoms with Crippen LogP contribution >= 0.6 is 0 Å². The van der Waals surface area contributed by atoms with Gasteiger partial charge in [-0.15, -0.1) is 0 Å². The number of hydrogen-bond acceptors (Lipinski definition) is 4. The molecule has 0 aromatic heterocycles. The molecular weight excluding hydrogens is 272 g/mol. The zero-order valence-electron chi connectivity index (χ0n) is 11.3. The molecule has 1 unspecified atom stereocenters. The lowest BCUT2D eigenvalue weighted by atomic mass is 10.2. The Morgan fingerprint density at radius 2 is 2.00 bits per heavy atom. The number of hydrogen-bond donors (Lipinski definition) is 1. The number of aliphatic hydroxyl groups is 1. The fourth-order valence-corrected chi connectivity index (χ4v) is 1.40. The molecule has 20 heavy (non-hydrogen) atoms. The Balaban J connectivity index is 2.49. The molecule has 0 aliphatic carbocycles. The summed E-state index contributed by atoms with van der Waals surface area (Å²) in [6.45, 7) is -0.590. The monoisotopic (exact) mass is 289 g/mol.